The average Bonchev–Trinajstić information content (AvgIpc) is 3.32. The van der Waals surface area contributed by atoms with Gasteiger partial charge in [-0.25, -0.2) is 4.98 Å². The molecule has 1 aromatic carbocycles. The number of H-pyrrole nitrogens is 1. The van der Waals surface area contributed by atoms with Gasteiger partial charge in [0.1, 0.15) is 11.4 Å². The number of pyridine rings is 1. The van der Waals surface area contributed by atoms with Crippen molar-refractivity contribution in [2.75, 3.05) is 13.1 Å². The minimum absolute atomic E-state index is 0.178. The van der Waals surface area contributed by atoms with Gasteiger partial charge in [0.2, 0.25) is 0 Å². The van der Waals surface area contributed by atoms with Gasteiger partial charge in [-0.05, 0) is 60.9 Å². The predicted octanol–water partition coefficient (Wildman–Crippen LogP) is 2.26. The number of nitrogens with one attached hydrogen (secondary N) is 1. The molecule has 142 valence electrons. The zero-order chi connectivity index (χ0) is 18.9. The molecule has 2 fully saturated rings. The maximum atomic E-state index is 10.5. The number of aryl methyl sites for hydroxylation is 1. The Hall–Kier alpha value is -2.35. The lowest BCUT2D eigenvalue weighted by Crippen LogP contribution is -2.52. The van der Waals surface area contributed by atoms with Crippen LogP contribution in [0.15, 0.2) is 42.7 Å². The van der Waals surface area contributed by atoms with Crippen molar-refractivity contribution in [1.29, 1.82) is 0 Å². The zero-order valence-corrected chi connectivity index (χ0v) is 15.8. The Morgan fingerprint density at radius 3 is 3.07 bits per heavy atom. The molecule has 0 unspecified atom stereocenters. The largest absolute Gasteiger partial charge is 0.493 e. The average molecular weight is 375 g/mol. The third-order valence-electron chi connectivity index (χ3n) is 6.62. The van der Waals surface area contributed by atoms with Crippen LogP contribution in [0.5, 0.6) is 5.75 Å². The number of nitrogens with zero attached hydrogens (tertiary/aromatic N) is 2. The first-order chi connectivity index (χ1) is 13.6. The highest BCUT2D eigenvalue weighted by Gasteiger charge is 2.63. The summed E-state index contributed by atoms with van der Waals surface area (Å²) in [4.78, 5) is 13.7. The van der Waals surface area contributed by atoms with Crippen molar-refractivity contribution in [3.63, 3.8) is 0 Å². The molecule has 0 atom stereocenters. The van der Waals surface area contributed by atoms with E-state index >= 15 is 0 Å². The monoisotopic (exact) mass is 375 g/mol. The molecule has 2 spiro atoms. The lowest BCUT2D eigenvalue weighted by Gasteiger charge is -2.53. The summed E-state index contributed by atoms with van der Waals surface area (Å²) in [5, 5.41) is 13.6. The van der Waals surface area contributed by atoms with E-state index in [-0.39, 0.29) is 5.41 Å². The SMILES string of the molecule is Cc1cccc(ON2CCC3(C2)CC2(C3)OB(O)c3cnc4[nH]ccc4c32)c1. The molecule has 0 amide bonds. The first-order valence-electron chi connectivity index (χ1n) is 9.88. The summed E-state index contributed by atoms with van der Waals surface area (Å²) < 4.78 is 6.13. The number of hydrogen-bond donors (Lipinski definition) is 2. The van der Waals surface area contributed by atoms with Crippen LogP contribution in [0.1, 0.15) is 30.4 Å². The Labute approximate surface area is 163 Å². The van der Waals surface area contributed by atoms with E-state index in [1.807, 2.05) is 24.4 Å². The van der Waals surface area contributed by atoms with Gasteiger partial charge in [0.25, 0.3) is 0 Å². The normalized spacial score (nSPS) is 29.0. The van der Waals surface area contributed by atoms with Crippen molar-refractivity contribution >= 4 is 23.6 Å². The van der Waals surface area contributed by atoms with Gasteiger partial charge in [-0.1, -0.05) is 12.1 Å². The smallest absolute Gasteiger partial charge is 0.423 e. The number of fused-ring (bicyclic) bond motifs is 4. The molecule has 0 bridgehead atoms. The summed E-state index contributed by atoms with van der Waals surface area (Å²) in [5.41, 5.74) is 3.76. The summed E-state index contributed by atoms with van der Waals surface area (Å²) in [6.45, 7) is 3.87. The van der Waals surface area contributed by atoms with Gasteiger partial charge < -0.3 is 19.5 Å². The maximum absolute atomic E-state index is 10.5. The fourth-order valence-electron chi connectivity index (χ4n) is 5.56. The number of hydroxylamine groups is 2. The molecule has 4 heterocycles. The van der Waals surface area contributed by atoms with E-state index in [9.17, 15) is 5.02 Å². The molecule has 6 rings (SSSR count). The van der Waals surface area contributed by atoms with Gasteiger partial charge >= 0.3 is 7.12 Å². The maximum Gasteiger partial charge on any atom is 0.493 e. The van der Waals surface area contributed by atoms with Crippen LogP contribution in [0.3, 0.4) is 0 Å². The minimum Gasteiger partial charge on any atom is -0.423 e. The van der Waals surface area contributed by atoms with Crippen LogP contribution in [0.2, 0.25) is 0 Å². The summed E-state index contributed by atoms with van der Waals surface area (Å²) in [6, 6.07) is 10.2. The molecule has 1 saturated heterocycles. The van der Waals surface area contributed by atoms with Crippen molar-refractivity contribution in [3.05, 3.63) is 53.9 Å². The molecule has 7 heteroatoms. The minimum atomic E-state index is -0.889. The second-order valence-electron chi connectivity index (χ2n) is 8.67. The van der Waals surface area contributed by atoms with E-state index in [1.54, 1.807) is 6.20 Å². The van der Waals surface area contributed by atoms with Crippen LogP contribution in [0.4, 0.5) is 0 Å². The number of hydrogen-bond acceptors (Lipinski definition) is 5. The Bertz CT molecular complexity index is 1080. The van der Waals surface area contributed by atoms with E-state index in [4.69, 9.17) is 9.49 Å². The van der Waals surface area contributed by atoms with E-state index in [0.717, 1.165) is 60.2 Å². The quantitative estimate of drug-likeness (QED) is 0.673. The van der Waals surface area contributed by atoms with Crippen molar-refractivity contribution in [2.45, 2.75) is 31.8 Å². The molecule has 2 aromatic heterocycles. The van der Waals surface area contributed by atoms with Crippen molar-refractivity contribution in [1.82, 2.24) is 15.0 Å². The highest BCUT2D eigenvalue weighted by atomic mass is 16.7. The van der Waals surface area contributed by atoms with Crippen LogP contribution in [0, 0.1) is 12.3 Å². The van der Waals surface area contributed by atoms with E-state index in [0.29, 0.717) is 0 Å². The highest BCUT2D eigenvalue weighted by Crippen LogP contribution is 2.62. The van der Waals surface area contributed by atoms with Crippen molar-refractivity contribution < 1.29 is 14.5 Å². The fraction of sp³-hybridized carbons (Fsp3) is 0.381. The zero-order valence-electron chi connectivity index (χ0n) is 15.8. The Morgan fingerprint density at radius 1 is 1.32 bits per heavy atom. The Morgan fingerprint density at radius 2 is 2.21 bits per heavy atom. The first kappa shape index (κ1) is 16.6. The topological polar surface area (TPSA) is 70.6 Å². The molecule has 1 aliphatic carbocycles. The van der Waals surface area contributed by atoms with Crippen molar-refractivity contribution in [3.8, 4) is 5.75 Å². The molecule has 3 aliphatic rings. The summed E-state index contributed by atoms with van der Waals surface area (Å²) in [7, 11) is -0.889. The van der Waals surface area contributed by atoms with Gasteiger partial charge in [-0.2, -0.15) is 0 Å². The fourth-order valence-corrected chi connectivity index (χ4v) is 5.56. The highest BCUT2D eigenvalue weighted by molar-refractivity contribution is 6.62. The van der Waals surface area contributed by atoms with Gasteiger partial charge in [0.15, 0.2) is 0 Å². The van der Waals surface area contributed by atoms with E-state index in [2.05, 4.69) is 34.1 Å². The second kappa shape index (κ2) is 5.60. The van der Waals surface area contributed by atoms with E-state index < -0.39 is 12.7 Å². The lowest BCUT2D eigenvalue weighted by molar-refractivity contribution is -0.128. The molecule has 3 aromatic rings. The molecule has 0 radical (unpaired) electrons. The molecule has 6 nitrogen and oxygen atoms in total. The van der Waals surface area contributed by atoms with Gasteiger partial charge in [-0.3, -0.25) is 0 Å². The second-order valence-corrected chi connectivity index (χ2v) is 8.67. The van der Waals surface area contributed by atoms with E-state index in [1.165, 1.54) is 5.56 Å². The Kier molecular flexibility index (Phi) is 3.32. The summed E-state index contributed by atoms with van der Waals surface area (Å²) in [5.74, 6) is 0.893. The summed E-state index contributed by atoms with van der Waals surface area (Å²) in [6.07, 6.45) is 6.54. The summed E-state index contributed by atoms with van der Waals surface area (Å²) >= 11 is 0. The number of benzene rings is 1. The third kappa shape index (κ3) is 2.30. The standard InChI is InChI=1S/C21H22BN3O3/c1-14-3-2-4-15(9-14)27-25-8-6-20(13-25)11-21(12-20)18-16-5-7-23-19(16)24-10-17(18)22(26)28-21/h2-5,7,9-10,26H,6,8,11-13H2,1H3,(H,23,24). The molecule has 2 N–H and O–H groups in total. The molecular weight excluding hydrogens is 353 g/mol. The number of aromatic amines is 1. The Balaban J connectivity index is 1.25. The predicted molar refractivity (Wildman–Crippen MR) is 106 cm³/mol. The lowest BCUT2D eigenvalue weighted by atomic mass is 9.56. The third-order valence-corrected chi connectivity index (χ3v) is 6.62. The van der Waals surface area contributed by atoms with Crippen LogP contribution < -0.4 is 10.3 Å². The number of rotatable bonds is 2. The van der Waals surface area contributed by atoms with Crippen LogP contribution in [-0.4, -0.2) is 40.3 Å². The molecule has 1 saturated carbocycles. The first-order valence-corrected chi connectivity index (χ1v) is 9.88. The van der Waals surface area contributed by atoms with Crippen LogP contribution in [-0.2, 0) is 10.3 Å². The van der Waals surface area contributed by atoms with Crippen LogP contribution >= 0.6 is 0 Å². The molecular formula is C21H22BN3O3. The molecule has 28 heavy (non-hydrogen) atoms. The molecule has 2 aliphatic heterocycles. The number of aromatic nitrogens is 2. The van der Waals surface area contributed by atoms with Gasteiger partial charge in [-0.15, -0.1) is 5.06 Å². The van der Waals surface area contributed by atoms with Crippen molar-refractivity contribution in [2.24, 2.45) is 5.41 Å². The van der Waals surface area contributed by atoms with Crippen LogP contribution in [0.25, 0.3) is 11.0 Å². The van der Waals surface area contributed by atoms with Gasteiger partial charge in [0, 0.05) is 36.3 Å². The van der Waals surface area contributed by atoms with Gasteiger partial charge in [0.05, 0.1) is 5.60 Å².